The Balaban J connectivity index is 2.73. The Morgan fingerprint density at radius 3 is 2.44 bits per heavy atom. The van der Waals surface area contributed by atoms with E-state index in [4.69, 9.17) is 0 Å². The maximum Gasteiger partial charge on any atom is 0.271 e. The minimum absolute atomic E-state index is 0.926. The summed E-state index contributed by atoms with van der Waals surface area (Å²) in [7, 11) is -2.45. The van der Waals surface area contributed by atoms with Crippen LogP contribution in [0.3, 0.4) is 0 Å². The van der Waals surface area contributed by atoms with Crippen LogP contribution in [0.5, 0.6) is 0 Å². The molecule has 0 nitrogen and oxygen atoms in total. The second-order valence-electron chi connectivity index (χ2n) is 2.77. The third kappa shape index (κ3) is 1.51. The second-order valence-corrected chi connectivity index (χ2v) is 6.29. The smallest absolute Gasteiger partial charge is 0.271 e. The first-order valence-electron chi connectivity index (χ1n) is 3.17. The third-order valence-corrected chi connectivity index (χ3v) is 3.20. The molecule has 0 fully saturated rings. The van der Waals surface area contributed by atoms with Crippen molar-refractivity contribution in [3.8, 4) is 0 Å². The van der Waals surface area contributed by atoms with Crippen molar-refractivity contribution in [2.75, 3.05) is 0 Å². The average molecular weight is 142 g/mol. The molecular formula is C7H11FSi. The third-order valence-electron chi connectivity index (χ3n) is 1.46. The standard InChI is InChI=1S/C7H11FSi/c1-9(2,8)7-5-3-4-6-7/h3,5-6H,4H2,1-2H3. The first kappa shape index (κ1) is 6.74. The maximum absolute atomic E-state index is 13.1. The highest BCUT2D eigenvalue weighted by molar-refractivity contribution is 6.78. The second kappa shape index (κ2) is 2.10. The van der Waals surface area contributed by atoms with Gasteiger partial charge in [0.25, 0.3) is 8.41 Å². The van der Waals surface area contributed by atoms with E-state index in [-0.39, 0.29) is 0 Å². The van der Waals surface area contributed by atoms with Gasteiger partial charge in [-0.3, -0.25) is 0 Å². The van der Waals surface area contributed by atoms with Crippen molar-refractivity contribution in [2.45, 2.75) is 19.5 Å². The van der Waals surface area contributed by atoms with Crippen LogP contribution in [0.15, 0.2) is 23.4 Å². The van der Waals surface area contributed by atoms with Gasteiger partial charge in [0, 0.05) is 0 Å². The number of rotatable bonds is 1. The Labute approximate surface area is 56.3 Å². The minimum atomic E-state index is -2.45. The molecule has 0 amide bonds. The summed E-state index contributed by atoms with van der Waals surface area (Å²) < 4.78 is 13.1. The molecule has 0 bridgehead atoms. The van der Waals surface area contributed by atoms with Gasteiger partial charge in [-0.2, -0.15) is 0 Å². The van der Waals surface area contributed by atoms with E-state index in [0.29, 0.717) is 0 Å². The fourth-order valence-electron chi connectivity index (χ4n) is 0.899. The van der Waals surface area contributed by atoms with Crippen molar-refractivity contribution in [1.29, 1.82) is 0 Å². The van der Waals surface area contributed by atoms with Crippen LogP contribution >= 0.6 is 0 Å². The zero-order valence-electron chi connectivity index (χ0n) is 5.82. The highest BCUT2D eigenvalue weighted by atomic mass is 28.4. The van der Waals surface area contributed by atoms with Gasteiger partial charge in [-0.1, -0.05) is 18.2 Å². The highest BCUT2D eigenvalue weighted by Gasteiger charge is 2.24. The van der Waals surface area contributed by atoms with Crippen LogP contribution in [0, 0.1) is 0 Å². The van der Waals surface area contributed by atoms with E-state index in [1.807, 2.05) is 18.2 Å². The summed E-state index contributed by atoms with van der Waals surface area (Å²) in [5.41, 5.74) is 0. The van der Waals surface area contributed by atoms with Crippen LogP contribution in [0.25, 0.3) is 0 Å². The van der Waals surface area contributed by atoms with Crippen molar-refractivity contribution in [3.05, 3.63) is 23.4 Å². The Kier molecular flexibility index (Phi) is 1.57. The Bertz CT molecular complexity index is 162. The first-order valence-corrected chi connectivity index (χ1v) is 6.04. The number of hydrogen-bond donors (Lipinski definition) is 0. The summed E-state index contributed by atoms with van der Waals surface area (Å²) in [6, 6.07) is 0. The maximum atomic E-state index is 13.1. The van der Waals surface area contributed by atoms with E-state index in [9.17, 15) is 4.11 Å². The minimum Gasteiger partial charge on any atom is -0.308 e. The van der Waals surface area contributed by atoms with Gasteiger partial charge in [0.05, 0.1) is 0 Å². The van der Waals surface area contributed by atoms with Crippen molar-refractivity contribution in [2.24, 2.45) is 0 Å². The molecule has 2 heteroatoms. The van der Waals surface area contributed by atoms with Gasteiger partial charge in [0.15, 0.2) is 0 Å². The molecule has 0 heterocycles. The van der Waals surface area contributed by atoms with E-state index in [2.05, 4.69) is 0 Å². The van der Waals surface area contributed by atoms with Gasteiger partial charge in [-0.15, -0.1) is 0 Å². The van der Waals surface area contributed by atoms with Crippen LogP contribution in [-0.4, -0.2) is 8.41 Å². The van der Waals surface area contributed by atoms with Crippen LogP contribution < -0.4 is 0 Å². The zero-order valence-corrected chi connectivity index (χ0v) is 6.82. The number of hydrogen-bond acceptors (Lipinski definition) is 0. The van der Waals surface area contributed by atoms with Gasteiger partial charge in [-0.05, 0) is 24.7 Å². The van der Waals surface area contributed by atoms with Crippen LogP contribution in [0.2, 0.25) is 13.1 Å². The summed E-state index contributed by atoms with van der Waals surface area (Å²) in [6.07, 6.45) is 6.82. The molecule has 9 heavy (non-hydrogen) atoms. The fraction of sp³-hybridized carbons (Fsp3) is 0.429. The molecule has 1 aliphatic rings. The molecule has 0 saturated heterocycles. The van der Waals surface area contributed by atoms with E-state index in [1.165, 1.54) is 0 Å². The molecule has 50 valence electrons. The van der Waals surface area contributed by atoms with E-state index in [0.717, 1.165) is 11.6 Å². The van der Waals surface area contributed by atoms with Crippen LogP contribution in [0.4, 0.5) is 4.11 Å². The molecule has 0 spiro atoms. The summed E-state index contributed by atoms with van der Waals surface area (Å²) in [4.78, 5) is 0. The topological polar surface area (TPSA) is 0 Å². The normalized spacial score (nSPS) is 18.3. The van der Waals surface area contributed by atoms with Gasteiger partial charge in [0.1, 0.15) is 0 Å². The zero-order chi connectivity index (χ0) is 6.91. The van der Waals surface area contributed by atoms with E-state index >= 15 is 0 Å². The molecule has 0 unspecified atom stereocenters. The highest BCUT2D eigenvalue weighted by Crippen LogP contribution is 2.21. The lowest BCUT2D eigenvalue weighted by Crippen LogP contribution is -2.20. The largest absolute Gasteiger partial charge is 0.308 e. The van der Waals surface area contributed by atoms with Crippen LogP contribution in [0.1, 0.15) is 6.42 Å². The molecule has 0 N–H and O–H groups in total. The Morgan fingerprint density at radius 2 is 2.22 bits per heavy atom. The predicted molar refractivity (Wildman–Crippen MR) is 40.4 cm³/mol. The van der Waals surface area contributed by atoms with Gasteiger partial charge in [0.2, 0.25) is 0 Å². The molecule has 0 aromatic rings. The predicted octanol–water partition coefficient (Wildman–Crippen LogP) is 2.59. The van der Waals surface area contributed by atoms with Crippen molar-refractivity contribution < 1.29 is 4.11 Å². The molecule has 0 saturated carbocycles. The summed E-state index contributed by atoms with van der Waals surface area (Å²) >= 11 is 0. The van der Waals surface area contributed by atoms with Gasteiger partial charge >= 0.3 is 0 Å². The van der Waals surface area contributed by atoms with Gasteiger partial charge in [-0.25, -0.2) is 0 Å². The van der Waals surface area contributed by atoms with Gasteiger partial charge < -0.3 is 4.11 Å². The summed E-state index contributed by atoms with van der Waals surface area (Å²) in [5.74, 6) is 0. The van der Waals surface area contributed by atoms with Crippen LogP contribution in [-0.2, 0) is 0 Å². The Hall–Kier alpha value is -0.373. The van der Waals surface area contributed by atoms with Crippen molar-refractivity contribution >= 4 is 8.41 Å². The van der Waals surface area contributed by atoms with E-state index < -0.39 is 8.41 Å². The lowest BCUT2D eigenvalue weighted by Gasteiger charge is -2.09. The molecular weight excluding hydrogens is 131 g/mol. The van der Waals surface area contributed by atoms with Crippen molar-refractivity contribution in [1.82, 2.24) is 0 Å². The quantitative estimate of drug-likeness (QED) is 0.390. The molecule has 0 aromatic carbocycles. The summed E-state index contributed by atoms with van der Waals surface area (Å²) in [5, 5.41) is 0.947. The Morgan fingerprint density at radius 1 is 1.56 bits per heavy atom. The first-order chi connectivity index (χ1) is 4.11. The lowest BCUT2D eigenvalue weighted by atomic mass is 10.5. The average Bonchev–Trinajstić information content (AvgIpc) is 2.08. The lowest BCUT2D eigenvalue weighted by molar-refractivity contribution is 0.814. The number of allylic oxidation sites excluding steroid dienone is 4. The van der Waals surface area contributed by atoms with Crippen molar-refractivity contribution in [3.63, 3.8) is 0 Å². The van der Waals surface area contributed by atoms with E-state index in [1.54, 1.807) is 13.1 Å². The summed E-state index contributed by atoms with van der Waals surface area (Å²) in [6.45, 7) is 3.43. The SMILES string of the molecule is C[Si](C)(F)C1=CCC=C1. The number of halogens is 1. The molecule has 1 aliphatic carbocycles. The fourth-order valence-corrected chi connectivity index (χ4v) is 2.02. The molecule has 0 aliphatic heterocycles. The molecule has 0 aromatic heterocycles. The monoisotopic (exact) mass is 142 g/mol. The molecule has 0 radical (unpaired) electrons. The molecule has 0 atom stereocenters. The molecule has 1 rings (SSSR count).